The lowest BCUT2D eigenvalue weighted by Gasteiger charge is -2.26. The molecule has 72 valence electrons. The minimum absolute atomic E-state index is 0.0709. The van der Waals surface area contributed by atoms with Gasteiger partial charge in [-0.2, -0.15) is 0 Å². The van der Waals surface area contributed by atoms with Crippen LogP contribution in [0.4, 0.5) is 0 Å². The Morgan fingerprint density at radius 1 is 1.75 bits per heavy atom. The maximum atomic E-state index is 11.2. The zero-order valence-corrected chi connectivity index (χ0v) is 7.76. The Labute approximate surface area is 74.1 Å². The van der Waals surface area contributed by atoms with Gasteiger partial charge >= 0.3 is 5.97 Å². The lowest BCUT2D eigenvalue weighted by atomic mass is 10.1. The fourth-order valence-electron chi connectivity index (χ4n) is 0.484. The van der Waals surface area contributed by atoms with E-state index in [1.54, 1.807) is 20.8 Å². The number of aliphatic hydroxyl groups is 1. The SMILES string of the molecule is [2H]CC(C)(C)OC(=O)C(N)(O)CC. The molecule has 12 heavy (non-hydrogen) atoms. The molecule has 0 fully saturated rings. The van der Waals surface area contributed by atoms with Gasteiger partial charge in [0.25, 0.3) is 0 Å². The van der Waals surface area contributed by atoms with E-state index in [2.05, 4.69) is 0 Å². The molecule has 0 aromatic carbocycles. The van der Waals surface area contributed by atoms with Gasteiger partial charge in [0.05, 0.1) is 0 Å². The van der Waals surface area contributed by atoms with Crippen molar-refractivity contribution < 1.29 is 16.0 Å². The Balaban J connectivity index is 4.31. The summed E-state index contributed by atoms with van der Waals surface area (Å²) < 4.78 is 11.9. The first-order chi connectivity index (χ1) is 5.75. The van der Waals surface area contributed by atoms with Gasteiger partial charge in [0.1, 0.15) is 5.60 Å². The van der Waals surface area contributed by atoms with E-state index in [9.17, 15) is 9.90 Å². The molecular weight excluding hydrogens is 158 g/mol. The first-order valence-corrected chi connectivity index (χ1v) is 3.79. The Morgan fingerprint density at radius 3 is 2.58 bits per heavy atom. The molecule has 0 radical (unpaired) electrons. The molecule has 0 aliphatic rings. The quantitative estimate of drug-likeness (QED) is 0.471. The number of nitrogens with two attached hydrogens (primary N) is 1. The van der Waals surface area contributed by atoms with Crippen molar-refractivity contribution in [2.24, 2.45) is 5.73 Å². The smallest absolute Gasteiger partial charge is 0.353 e. The van der Waals surface area contributed by atoms with Gasteiger partial charge in [-0.05, 0) is 27.2 Å². The number of carbonyl (C=O) groups is 1. The predicted molar refractivity (Wildman–Crippen MR) is 45.3 cm³/mol. The monoisotopic (exact) mass is 176 g/mol. The zero-order valence-electron chi connectivity index (χ0n) is 8.76. The Morgan fingerprint density at radius 2 is 2.25 bits per heavy atom. The predicted octanol–water partition coefficient (Wildman–Crippen LogP) is 0.385. The number of rotatable bonds is 2. The Bertz CT molecular complexity index is 192. The van der Waals surface area contributed by atoms with Gasteiger partial charge in [-0.3, -0.25) is 5.73 Å². The molecule has 1 unspecified atom stereocenters. The van der Waals surface area contributed by atoms with E-state index in [0.29, 0.717) is 0 Å². The summed E-state index contributed by atoms with van der Waals surface area (Å²) in [6.45, 7) is 4.68. The van der Waals surface area contributed by atoms with E-state index in [0.717, 1.165) is 0 Å². The van der Waals surface area contributed by atoms with Crippen molar-refractivity contribution in [3.63, 3.8) is 0 Å². The third kappa shape index (κ3) is 3.69. The summed E-state index contributed by atoms with van der Waals surface area (Å²) in [5.74, 6) is -0.882. The first kappa shape index (κ1) is 9.48. The molecule has 0 bridgehead atoms. The van der Waals surface area contributed by atoms with Crippen molar-refractivity contribution in [2.45, 2.75) is 45.4 Å². The molecule has 0 amide bonds. The molecule has 0 spiro atoms. The van der Waals surface area contributed by atoms with Crippen molar-refractivity contribution in [3.8, 4) is 0 Å². The van der Waals surface area contributed by atoms with Crippen LogP contribution in [0.25, 0.3) is 0 Å². The first-order valence-electron chi connectivity index (χ1n) is 4.50. The summed E-state index contributed by atoms with van der Waals surface area (Å²) >= 11 is 0. The van der Waals surface area contributed by atoms with E-state index in [1.807, 2.05) is 0 Å². The number of esters is 1. The molecule has 4 heteroatoms. The largest absolute Gasteiger partial charge is 0.457 e. The van der Waals surface area contributed by atoms with Crippen LogP contribution in [0.5, 0.6) is 0 Å². The van der Waals surface area contributed by atoms with Crippen LogP contribution in [-0.2, 0) is 9.53 Å². The molecule has 0 aromatic heterocycles. The van der Waals surface area contributed by atoms with Gasteiger partial charge in [0.15, 0.2) is 0 Å². The summed E-state index contributed by atoms with van der Waals surface area (Å²) in [6.07, 6.45) is 0.0832. The van der Waals surface area contributed by atoms with E-state index < -0.39 is 17.3 Å². The number of ether oxygens (including phenoxy) is 1. The minimum atomic E-state index is -1.94. The summed E-state index contributed by atoms with van der Waals surface area (Å²) in [4.78, 5) is 11.2. The van der Waals surface area contributed by atoms with Crippen molar-refractivity contribution in [3.05, 3.63) is 0 Å². The van der Waals surface area contributed by atoms with E-state index in [4.69, 9.17) is 11.8 Å². The van der Waals surface area contributed by atoms with Gasteiger partial charge in [0.2, 0.25) is 5.72 Å². The number of hydrogen-bond acceptors (Lipinski definition) is 4. The van der Waals surface area contributed by atoms with Crippen LogP contribution < -0.4 is 5.73 Å². The highest BCUT2D eigenvalue weighted by molar-refractivity contribution is 5.78. The second-order valence-corrected chi connectivity index (χ2v) is 3.43. The Hall–Kier alpha value is -0.610. The number of carbonyl (C=O) groups excluding carboxylic acids is 1. The van der Waals surface area contributed by atoms with Gasteiger partial charge < -0.3 is 9.84 Å². The highest BCUT2D eigenvalue weighted by Gasteiger charge is 2.33. The second kappa shape index (κ2) is 3.41. The molecule has 0 aromatic rings. The van der Waals surface area contributed by atoms with Gasteiger partial charge in [0, 0.05) is 1.37 Å². The molecule has 0 aliphatic heterocycles. The van der Waals surface area contributed by atoms with Crippen LogP contribution in [0.3, 0.4) is 0 Å². The standard InChI is InChI=1S/C8H17NO3/c1-5-8(9,11)6(10)12-7(2,3)4/h11H,5,9H2,1-4H3/i2D. The molecule has 4 nitrogen and oxygen atoms in total. The molecule has 0 saturated heterocycles. The topological polar surface area (TPSA) is 72.5 Å². The zero-order chi connectivity index (χ0) is 10.7. The molecule has 0 rings (SSSR count). The summed E-state index contributed by atoms with van der Waals surface area (Å²) in [5, 5.41) is 9.29. The lowest BCUT2D eigenvalue weighted by Crippen LogP contribution is -2.50. The third-order valence-electron chi connectivity index (χ3n) is 1.26. The van der Waals surface area contributed by atoms with Gasteiger partial charge in [-0.15, -0.1) is 0 Å². The third-order valence-corrected chi connectivity index (χ3v) is 1.26. The molecular formula is C8H17NO3. The minimum Gasteiger partial charge on any atom is -0.457 e. The highest BCUT2D eigenvalue weighted by Crippen LogP contribution is 2.12. The van der Waals surface area contributed by atoms with Crippen molar-refractivity contribution in [2.75, 3.05) is 0 Å². The van der Waals surface area contributed by atoms with Gasteiger partial charge in [-0.25, -0.2) is 4.79 Å². The lowest BCUT2D eigenvalue weighted by molar-refractivity contribution is -0.177. The van der Waals surface area contributed by atoms with E-state index >= 15 is 0 Å². The van der Waals surface area contributed by atoms with E-state index in [1.165, 1.54) is 0 Å². The maximum Gasteiger partial charge on any atom is 0.353 e. The van der Waals surface area contributed by atoms with Gasteiger partial charge in [-0.1, -0.05) is 6.92 Å². The molecule has 1 atom stereocenters. The molecule has 0 aliphatic carbocycles. The van der Waals surface area contributed by atoms with Crippen molar-refractivity contribution in [1.82, 2.24) is 0 Å². The Kier molecular flexibility index (Phi) is 2.69. The maximum absolute atomic E-state index is 11.2. The average molecular weight is 176 g/mol. The molecule has 3 N–H and O–H groups in total. The fourth-order valence-corrected chi connectivity index (χ4v) is 0.484. The van der Waals surface area contributed by atoms with Crippen molar-refractivity contribution >= 4 is 5.97 Å². The van der Waals surface area contributed by atoms with Crippen LogP contribution in [0, 0.1) is 0 Å². The highest BCUT2D eigenvalue weighted by atomic mass is 16.6. The second-order valence-electron chi connectivity index (χ2n) is 3.43. The fraction of sp³-hybridized carbons (Fsp3) is 0.875. The molecule has 0 saturated carbocycles. The molecule has 0 heterocycles. The summed E-state index contributed by atoms with van der Waals surface area (Å²) in [7, 11) is 0. The average Bonchev–Trinajstić information content (AvgIpc) is 2.04. The summed E-state index contributed by atoms with van der Waals surface area (Å²) in [6, 6.07) is 0. The number of hydrogen-bond donors (Lipinski definition) is 2. The van der Waals surface area contributed by atoms with E-state index in [-0.39, 0.29) is 13.3 Å². The van der Waals surface area contributed by atoms with Crippen LogP contribution in [0.1, 0.15) is 35.5 Å². The van der Waals surface area contributed by atoms with Crippen molar-refractivity contribution in [1.29, 1.82) is 0 Å². The van der Waals surface area contributed by atoms with Crippen LogP contribution >= 0.6 is 0 Å². The van der Waals surface area contributed by atoms with Crippen LogP contribution in [0.2, 0.25) is 0 Å². The normalized spacial score (nSPS) is 17.9. The summed E-state index contributed by atoms with van der Waals surface area (Å²) in [5.41, 5.74) is 2.40. The van der Waals surface area contributed by atoms with Crippen LogP contribution in [0.15, 0.2) is 0 Å². The van der Waals surface area contributed by atoms with Crippen LogP contribution in [-0.4, -0.2) is 22.4 Å².